The van der Waals surface area contributed by atoms with Gasteiger partial charge in [0.05, 0.1) is 0 Å². The van der Waals surface area contributed by atoms with Crippen LogP contribution in [-0.2, 0) is 13.5 Å². The zero-order chi connectivity index (χ0) is 24.3. The molecule has 2 saturated heterocycles. The molecule has 2 aliphatic heterocycles. The van der Waals surface area contributed by atoms with Gasteiger partial charge in [0.2, 0.25) is 0 Å². The van der Waals surface area contributed by atoms with Crippen LogP contribution in [0.2, 0.25) is 0 Å². The molecule has 4 nitrogen and oxygen atoms in total. The number of hydrogen-bond acceptors (Lipinski definition) is 4. The Balaban J connectivity index is 0.000000240. The van der Waals surface area contributed by atoms with E-state index in [4.69, 9.17) is 19.4 Å². The van der Waals surface area contributed by atoms with E-state index in [0.717, 1.165) is 5.56 Å². The summed E-state index contributed by atoms with van der Waals surface area (Å²) in [5.41, 5.74) is 1.12. The van der Waals surface area contributed by atoms with Crippen LogP contribution in [0.15, 0.2) is 30.3 Å². The predicted octanol–water partition coefficient (Wildman–Crippen LogP) is 5.84. The van der Waals surface area contributed by atoms with Crippen molar-refractivity contribution in [2.45, 2.75) is 79.6 Å². The fourth-order valence-electron chi connectivity index (χ4n) is 3.25. The van der Waals surface area contributed by atoms with Gasteiger partial charge in [-0.1, -0.05) is 55.4 Å². The molecule has 0 bridgehead atoms. The molecular weight excluding hydrogens is 528 g/mol. The average molecular weight is 573 g/mol. The van der Waals surface area contributed by atoms with Gasteiger partial charge in [0.1, 0.15) is 0 Å². The normalized spacial score (nSPS) is 18.8. The zero-order valence-electron chi connectivity index (χ0n) is 21.2. The van der Waals surface area contributed by atoms with Crippen LogP contribution in [0.1, 0.15) is 61.0 Å². The third-order valence-electron chi connectivity index (χ3n) is 5.47. The summed E-state index contributed by atoms with van der Waals surface area (Å²) in [6.07, 6.45) is 0. The van der Waals surface area contributed by atoms with E-state index in [1.54, 1.807) is 0 Å². The Morgan fingerprint density at radius 2 is 0.969 bits per heavy atom. The zero-order valence-corrected chi connectivity index (χ0v) is 24.4. The summed E-state index contributed by atoms with van der Waals surface area (Å²) in [5.74, 6) is 0. The first-order valence-corrected chi connectivity index (χ1v) is 17.1. The molecule has 0 N–H and O–H groups in total. The topological polar surface area (TPSA) is 13.0 Å². The van der Waals surface area contributed by atoms with Crippen LogP contribution in [0, 0.1) is 13.3 Å². The van der Waals surface area contributed by atoms with Crippen LogP contribution in [0.3, 0.4) is 0 Å². The van der Waals surface area contributed by atoms with Gasteiger partial charge in [0.15, 0.2) is 0 Å². The van der Waals surface area contributed by atoms with Gasteiger partial charge in [-0.3, -0.25) is 0 Å². The summed E-state index contributed by atoms with van der Waals surface area (Å²) >= 11 is -1.61. The Kier molecular flexibility index (Phi) is 15.0. The second-order valence-corrected chi connectivity index (χ2v) is 15.0. The summed E-state index contributed by atoms with van der Waals surface area (Å²) < 4.78 is 1.92. The fraction of sp³-hybridized carbons (Fsp3) is 0.640. The second kappa shape index (κ2) is 15.9. The molecule has 3 rings (SSSR count). The molecule has 0 spiro atoms. The minimum atomic E-state index is -1.61. The average Bonchev–Trinajstić information content (AvgIpc) is 3.40. The monoisotopic (exact) mass is 572 g/mol. The molecule has 0 aliphatic carbocycles. The van der Waals surface area contributed by atoms with Crippen LogP contribution in [0.25, 0.3) is 0 Å². The molecule has 2 heterocycles. The van der Waals surface area contributed by atoms with Crippen LogP contribution in [0.4, 0.5) is 0 Å². The van der Waals surface area contributed by atoms with Crippen molar-refractivity contribution in [1.82, 2.24) is 19.6 Å². The molecular formula is C25H44Cl2N4Ru-2. The first kappa shape index (κ1) is 30.2. The van der Waals surface area contributed by atoms with Crippen molar-refractivity contribution in [1.29, 1.82) is 0 Å². The molecule has 1 aromatic carbocycles. The van der Waals surface area contributed by atoms with E-state index in [1.165, 1.54) is 26.2 Å². The predicted molar refractivity (Wildman–Crippen MR) is 139 cm³/mol. The first-order chi connectivity index (χ1) is 15.0. The molecule has 188 valence electrons. The number of hydrogen-bond donors (Lipinski definition) is 0. The number of nitrogens with zero attached hydrogens (tertiary/aromatic N) is 4. The van der Waals surface area contributed by atoms with Crippen LogP contribution < -0.4 is 0 Å². The molecule has 0 radical (unpaired) electrons. The molecule has 32 heavy (non-hydrogen) atoms. The van der Waals surface area contributed by atoms with E-state index < -0.39 is 13.5 Å². The number of rotatable bonds is 5. The maximum atomic E-state index is 5.67. The summed E-state index contributed by atoms with van der Waals surface area (Å²) in [7, 11) is 11.3. The van der Waals surface area contributed by atoms with Crippen LogP contribution >= 0.6 is 19.4 Å². The molecule has 0 unspecified atom stereocenters. The Labute approximate surface area is 211 Å². The van der Waals surface area contributed by atoms with Gasteiger partial charge in [-0.05, 0) is 50.3 Å². The van der Waals surface area contributed by atoms with Gasteiger partial charge in [-0.2, -0.15) is 0 Å². The van der Waals surface area contributed by atoms with E-state index >= 15 is 0 Å². The molecule has 1 aromatic rings. The molecule has 0 amide bonds. The Morgan fingerprint density at radius 3 is 1.19 bits per heavy atom. The van der Waals surface area contributed by atoms with Crippen LogP contribution in [0.5, 0.6) is 0 Å². The van der Waals surface area contributed by atoms with Crippen molar-refractivity contribution in [2.75, 3.05) is 26.2 Å². The second-order valence-electron chi connectivity index (χ2n) is 9.27. The van der Waals surface area contributed by atoms with Gasteiger partial charge in [0, 0.05) is 0 Å². The SMILES string of the molecule is CC(C)N1[CH-]N(C(C)C)CC1.CC(C)N1[CH-]N(C(C)C)CC1.[Cl][Ru]([Cl])=[CH]c1ccccc1. The van der Waals surface area contributed by atoms with Gasteiger partial charge in [0.25, 0.3) is 0 Å². The number of benzene rings is 1. The van der Waals surface area contributed by atoms with Crippen molar-refractivity contribution < 1.29 is 13.5 Å². The Hall–Kier alpha value is 0.133. The molecule has 0 saturated carbocycles. The standard InChI is InChI=1S/2C9H19N2.C7H6.2ClH.Ru/c2*1-8(2)10-5-6-11(7-10)9(3)4;1-7-5-3-2-4-6-7;;;/h2*7-9H,5-6H2,1-4H3;1-6H;2*1H;/q2*-1;;;;+2/p-2. The molecule has 7 heteroatoms. The van der Waals surface area contributed by atoms with Crippen molar-refractivity contribution in [3.63, 3.8) is 0 Å². The maximum absolute atomic E-state index is 5.67. The summed E-state index contributed by atoms with van der Waals surface area (Å²) in [6.45, 7) is 27.2. The fourth-order valence-corrected chi connectivity index (χ4v) is 5.08. The summed E-state index contributed by atoms with van der Waals surface area (Å²) in [6, 6.07) is 12.5. The Morgan fingerprint density at radius 1 is 0.656 bits per heavy atom. The van der Waals surface area contributed by atoms with Crippen molar-refractivity contribution in [3.05, 3.63) is 49.2 Å². The van der Waals surface area contributed by atoms with Crippen molar-refractivity contribution in [2.24, 2.45) is 0 Å². The van der Waals surface area contributed by atoms with Gasteiger partial charge in [-0.25, -0.2) is 13.3 Å². The van der Waals surface area contributed by atoms with Gasteiger partial charge >= 0.3 is 73.4 Å². The van der Waals surface area contributed by atoms with E-state index in [0.29, 0.717) is 24.2 Å². The van der Waals surface area contributed by atoms with Gasteiger partial charge < -0.3 is 19.6 Å². The third-order valence-corrected chi connectivity index (χ3v) is 7.35. The third kappa shape index (κ3) is 12.0. The van der Waals surface area contributed by atoms with Crippen molar-refractivity contribution >= 4 is 24.0 Å². The molecule has 2 fully saturated rings. The van der Waals surface area contributed by atoms with Gasteiger partial charge in [-0.15, -0.1) is 0 Å². The summed E-state index contributed by atoms with van der Waals surface area (Å²) in [5, 5.41) is 0. The molecule has 2 aliphatic rings. The van der Waals surface area contributed by atoms with E-state index in [1.807, 2.05) is 34.9 Å². The molecule has 0 aromatic heterocycles. The van der Waals surface area contributed by atoms with E-state index in [2.05, 4.69) is 88.3 Å². The summed E-state index contributed by atoms with van der Waals surface area (Å²) in [4.78, 5) is 9.56. The van der Waals surface area contributed by atoms with E-state index in [-0.39, 0.29) is 0 Å². The Bertz CT molecular complexity index is 591. The minimum absolute atomic E-state index is 0.652. The first-order valence-electron chi connectivity index (χ1n) is 11.6. The molecule has 0 atom stereocenters. The van der Waals surface area contributed by atoms with Crippen molar-refractivity contribution in [3.8, 4) is 0 Å². The number of halogens is 2. The quantitative estimate of drug-likeness (QED) is 0.325. The van der Waals surface area contributed by atoms with E-state index in [9.17, 15) is 0 Å². The van der Waals surface area contributed by atoms with Crippen LogP contribution in [-0.4, -0.2) is 74.6 Å².